The Kier molecular flexibility index (Phi) is 1.98. The van der Waals surface area contributed by atoms with Crippen LogP contribution in [0.4, 0.5) is 0 Å². The molecule has 0 saturated carbocycles. The zero-order chi connectivity index (χ0) is 13.8. The number of benzene rings is 3. The maximum atomic E-state index is 4.73. The summed E-state index contributed by atoms with van der Waals surface area (Å²) in [6, 6.07) is 23.3. The molecule has 0 aliphatic heterocycles. The monoisotopic (exact) mass is 268 g/mol. The van der Waals surface area contributed by atoms with Gasteiger partial charge < -0.3 is 4.98 Å². The second-order valence-corrected chi connectivity index (χ2v) is 5.44. The quantitative estimate of drug-likeness (QED) is 0.392. The summed E-state index contributed by atoms with van der Waals surface area (Å²) in [7, 11) is 0. The minimum absolute atomic E-state index is 1.06. The number of para-hydroxylation sites is 2. The van der Waals surface area contributed by atoms with Crippen molar-refractivity contribution in [2.24, 2.45) is 0 Å². The SMILES string of the molecule is c1ccc2[nH]c3cc4c(cc3cc2c1)nc1ccccc14. The molecule has 3 aromatic carbocycles. The molecule has 0 fully saturated rings. The first-order chi connectivity index (χ1) is 10.4. The predicted molar refractivity (Wildman–Crippen MR) is 88.6 cm³/mol. The van der Waals surface area contributed by atoms with Gasteiger partial charge in [-0.15, -0.1) is 0 Å². The molecule has 0 unspecified atom stereocenters. The van der Waals surface area contributed by atoms with Gasteiger partial charge >= 0.3 is 0 Å². The van der Waals surface area contributed by atoms with Crippen molar-refractivity contribution in [2.45, 2.75) is 0 Å². The van der Waals surface area contributed by atoms with Gasteiger partial charge in [0.25, 0.3) is 0 Å². The number of nitrogens with zero attached hydrogens (tertiary/aromatic N) is 1. The van der Waals surface area contributed by atoms with Crippen LogP contribution in [0, 0.1) is 0 Å². The van der Waals surface area contributed by atoms with Crippen LogP contribution in [0.15, 0.2) is 66.7 Å². The van der Waals surface area contributed by atoms with Gasteiger partial charge in [0.05, 0.1) is 11.0 Å². The molecule has 0 bridgehead atoms. The highest BCUT2D eigenvalue weighted by atomic mass is 14.7. The molecule has 0 spiro atoms. The van der Waals surface area contributed by atoms with Crippen molar-refractivity contribution in [3.8, 4) is 0 Å². The Hall–Kier alpha value is -2.87. The largest absolute Gasteiger partial charge is 0.355 e. The number of rotatable bonds is 0. The van der Waals surface area contributed by atoms with Crippen LogP contribution in [-0.2, 0) is 0 Å². The van der Waals surface area contributed by atoms with Gasteiger partial charge in [-0.05, 0) is 35.7 Å². The summed E-state index contributed by atoms with van der Waals surface area (Å²) in [4.78, 5) is 8.26. The Bertz CT molecular complexity index is 1130. The Balaban J connectivity index is 1.99. The third-order valence-corrected chi connectivity index (χ3v) is 4.14. The molecule has 2 heterocycles. The number of fused-ring (bicyclic) bond motifs is 5. The molecule has 0 amide bonds. The van der Waals surface area contributed by atoms with Crippen LogP contribution in [-0.4, -0.2) is 9.97 Å². The van der Waals surface area contributed by atoms with Gasteiger partial charge in [0.2, 0.25) is 0 Å². The molecular weight excluding hydrogens is 256 g/mol. The topological polar surface area (TPSA) is 28.7 Å². The van der Waals surface area contributed by atoms with Crippen molar-refractivity contribution in [1.82, 2.24) is 9.97 Å². The molecule has 2 heteroatoms. The number of pyridine rings is 1. The Morgan fingerprint density at radius 3 is 2.48 bits per heavy atom. The number of H-pyrrole nitrogens is 1. The molecule has 0 radical (unpaired) electrons. The summed E-state index contributed by atoms with van der Waals surface area (Å²) in [5.74, 6) is 0. The molecule has 1 N–H and O–H groups in total. The van der Waals surface area contributed by atoms with Gasteiger partial charge in [-0.3, -0.25) is 0 Å². The average molecular weight is 268 g/mol. The zero-order valence-corrected chi connectivity index (χ0v) is 11.3. The molecule has 2 nitrogen and oxygen atoms in total. The van der Waals surface area contributed by atoms with Crippen molar-refractivity contribution in [3.63, 3.8) is 0 Å². The summed E-state index contributed by atoms with van der Waals surface area (Å²) in [6.45, 7) is 0. The van der Waals surface area contributed by atoms with Gasteiger partial charge in [0, 0.05) is 27.2 Å². The van der Waals surface area contributed by atoms with E-state index in [1.807, 2.05) is 6.07 Å². The number of hydrogen-bond acceptors (Lipinski definition) is 1. The van der Waals surface area contributed by atoms with E-state index >= 15 is 0 Å². The summed E-state index contributed by atoms with van der Waals surface area (Å²) >= 11 is 0. The molecule has 98 valence electrons. The van der Waals surface area contributed by atoms with E-state index in [9.17, 15) is 0 Å². The highest BCUT2D eigenvalue weighted by Gasteiger charge is 2.07. The normalized spacial score (nSPS) is 11.8. The van der Waals surface area contributed by atoms with Gasteiger partial charge in [-0.2, -0.15) is 0 Å². The van der Waals surface area contributed by atoms with Gasteiger partial charge in [0.1, 0.15) is 0 Å². The molecule has 2 aromatic heterocycles. The molecule has 0 atom stereocenters. The van der Waals surface area contributed by atoms with Crippen molar-refractivity contribution in [3.05, 3.63) is 66.7 Å². The van der Waals surface area contributed by atoms with Gasteiger partial charge in [-0.25, -0.2) is 4.98 Å². The van der Waals surface area contributed by atoms with Crippen molar-refractivity contribution in [1.29, 1.82) is 0 Å². The fraction of sp³-hybridized carbons (Fsp3) is 0. The Labute approximate surface area is 121 Å². The highest BCUT2D eigenvalue weighted by molar-refractivity contribution is 6.12. The minimum Gasteiger partial charge on any atom is -0.355 e. The van der Waals surface area contributed by atoms with Gasteiger partial charge in [-0.1, -0.05) is 36.4 Å². The highest BCUT2D eigenvalue weighted by Crippen LogP contribution is 2.30. The third-order valence-electron chi connectivity index (χ3n) is 4.14. The molecule has 0 aliphatic carbocycles. The lowest BCUT2D eigenvalue weighted by atomic mass is 10.1. The maximum absolute atomic E-state index is 4.73. The Morgan fingerprint density at radius 2 is 1.48 bits per heavy atom. The van der Waals surface area contributed by atoms with E-state index < -0.39 is 0 Å². The summed E-state index contributed by atoms with van der Waals surface area (Å²) < 4.78 is 0. The van der Waals surface area contributed by atoms with Crippen LogP contribution in [0.3, 0.4) is 0 Å². The maximum Gasteiger partial charge on any atom is 0.0723 e. The van der Waals surface area contributed by atoms with Crippen molar-refractivity contribution >= 4 is 43.6 Å². The zero-order valence-electron chi connectivity index (χ0n) is 11.3. The molecule has 5 rings (SSSR count). The minimum atomic E-state index is 1.06. The van der Waals surface area contributed by atoms with Crippen LogP contribution < -0.4 is 0 Å². The standard InChI is InChI=1S/C19H12N2/c1-3-7-16-12(5-1)9-13-10-19-15(11-18(13)20-16)14-6-2-4-8-17(14)21-19/h1-11,20H. The lowest BCUT2D eigenvalue weighted by Crippen LogP contribution is -1.82. The van der Waals surface area contributed by atoms with E-state index in [1.165, 1.54) is 21.5 Å². The number of hydrogen-bond donors (Lipinski definition) is 1. The lowest BCUT2D eigenvalue weighted by molar-refractivity contribution is 1.50. The fourth-order valence-corrected chi connectivity index (χ4v) is 3.12. The second-order valence-electron chi connectivity index (χ2n) is 5.44. The molecular formula is C19H12N2. The first kappa shape index (κ1) is 10.9. The number of aromatic nitrogens is 2. The summed E-state index contributed by atoms with van der Waals surface area (Å²) in [6.07, 6.45) is 0. The van der Waals surface area contributed by atoms with E-state index in [0.29, 0.717) is 0 Å². The number of nitrogens with one attached hydrogen (secondary N) is 1. The molecule has 0 saturated heterocycles. The predicted octanol–water partition coefficient (Wildman–Crippen LogP) is 5.02. The van der Waals surface area contributed by atoms with Crippen molar-refractivity contribution in [2.75, 3.05) is 0 Å². The van der Waals surface area contributed by atoms with Crippen LogP contribution in [0.1, 0.15) is 0 Å². The molecule has 5 aromatic rings. The van der Waals surface area contributed by atoms with Gasteiger partial charge in [0.15, 0.2) is 0 Å². The summed E-state index contributed by atoms with van der Waals surface area (Å²) in [5.41, 5.74) is 4.44. The van der Waals surface area contributed by atoms with Crippen molar-refractivity contribution < 1.29 is 0 Å². The van der Waals surface area contributed by atoms with E-state index in [4.69, 9.17) is 4.98 Å². The second kappa shape index (κ2) is 3.83. The lowest BCUT2D eigenvalue weighted by Gasteiger charge is -2.03. The van der Waals surface area contributed by atoms with Crippen LogP contribution >= 0.6 is 0 Å². The van der Waals surface area contributed by atoms with Crippen LogP contribution in [0.2, 0.25) is 0 Å². The van der Waals surface area contributed by atoms with E-state index in [2.05, 4.69) is 65.6 Å². The van der Waals surface area contributed by atoms with Crippen LogP contribution in [0.25, 0.3) is 43.6 Å². The smallest absolute Gasteiger partial charge is 0.0723 e. The van der Waals surface area contributed by atoms with E-state index in [0.717, 1.165) is 22.1 Å². The third kappa shape index (κ3) is 1.50. The van der Waals surface area contributed by atoms with Crippen LogP contribution in [0.5, 0.6) is 0 Å². The van der Waals surface area contributed by atoms with E-state index in [-0.39, 0.29) is 0 Å². The number of aromatic amines is 1. The summed E-state index contributed by atoms with van der Waals surface area (Å²) in [5, 5.41) is 4.85. The molecule has 21 heavy (non-hydrogen) atoms. The fourth-order valence-electron chi connectivity index (χ4n) is 3.12. The first-order valence-corrected chi connectivity index (χ1v) is 7.08. The van der Waals surface area contributed by atoms with E-state index in [1.54, 1.807) is 0 Å². The Morgan fingerprint density at radius 1 is 0.619 bits per heavy atom. The molecule has 0 aliphatic rings. The average Bonchev–Trinajstić information content (AvgIpc) is 2.88. The first-order valence-electron chi connectivity index (χ1n) is 7.08.